The lowest BCUT2D eigenvalue weighted by Gasteiger charge is -2.29. The molecule has 2 N–H and O–H groups in total. The minimum Gasteiger partial charge on any atom is -0.351 e. The molecule has 0 bridgehead atoms. The normalized spacial score (nSPS) is 19.5. The summed E-state index contributed by atoms with van der Waals surface area (Å²) in [4.78, 5) is 16.8. The van der Waals surface area contributed by atoms with Crippen LogP contribution in [0.3, 0.4) is 0 Å². The van der Waals surface area contributed by atoms with Crippen LogP contribution in [-0.2, 0) is 27.5 Å². The number of alkyl halides is 3. The number of halogens is 4. The highest BCUT2D eigenvalue weighted by atomic mass is 32.2. The standard InChI is InChI=1S/C25H31F4N3O3S/c1-4-16-5-7-17(8-6-16)23-19(10-12-22(31-23)25(27,28)29)14-30-24(33)15(2)18-9-11-21(20(26)13-18)32-36(3,34)35/h9-13,15-17,32H,4-8,14H2,1-3H3,(H,30,33). The van der Waals surface area contributed by atoms with Crippen molar-refractivity contribution in [2.24, 2.45) is 5.92 Å². The Bertz CT molecular complexity index is 1190. The number of pyridine rings is 1. The fourth-order valence-corrected chi connectivity index (χ4v) is 5.14. The molecule has 0 aliphatic heterocycles. The number of anilines is 1. The third kappa shape index (κ3) is 7.18. The maximum atomic E-state index is 14.3. The van der Waals surface area contributed by atoms with Gasteiger partial charge in [0.25, 0.3) is 0 Å². The number of rotatable bonds is 8. The van der Waals surface area contributed by atoms with Crippen LogP contribution < -0.4 is 10.0 Å². The zero-order valence-corrected chi connectivity index (χ0v) is 21.3. The summed E-state index contributed by atoms with van der Waals surface area (Å²) >= 11 is 0. The van der Waals surface area contributed by atoms with Gasteiger partial charge in [-0.05, 0) is 67.9 Å². The molecule has 1 fully saturated rings. The van der Waals surface area contributed by atoms with Gasteiger partial charge in [-0.1, -0.05) is 25.5 Å². The van der Waals surface area contributed by atoms with Crippen LogP contribution in [0.5, 0.6) is 0 Å². The maximum absolute atomic E-state index is 14.3. The highest BCUT2D eigenvalue weighted by Crippen LogP contribution is 2.39. The number of hydrogen-bond acceptors (Lipinski definition) is 4. The molecule has 198 valence electrons. The third-order valence-corrected chi connectivity index (χ3v) is 7.34. The highest BCUT2D eigenvalue weighted by molar-refractivity contribution is 7.92. The van der Waals surface area contributed by atoms with E-state index in [-0.39, 0.29) is 18.2 Å². The second-order valence-electron chi connectivity index (χ2n) is 9.42. The van der Waals surface area contributed by atoms with E-state index in [9.17, 15) is 30.8 Å². The van der Waals surface area contributed by atoms with Crippen LogP contribution in [0.1, 0.15) is 80.3 Å². The van der Waals surface area contributed by atoms with Gasteiger partial charge in [-0.15, -0.1) is 0 Å². The molecule has 2 aromatic rings. The van der Waals surface area contributed by atoms with Crippen LogP contribution in [0, 0.1) is 11.7 Å². The summed E-state index contributed by atoms with van der Waals surface area (Å²) in [5, 5.41) is 2.73. The van der Waals surface area contributed by atoms with E-state index in [4.69, 9.17) is 0 Å². The first-order valence-corrected chi connectivity index (χ1v) is 13.8. The Morgan fingerprint density at radius 2 is 1.81 bits per heavy atom. The average molecular weight is 530 g/mol. The van der Waals surface area contributed by atoms with Gasteiger partial charge in [0.2, 0.25) is 15.9 Å². The Morgan fingerprint density at radius 3 is 2.36 bits per heavy atom. The molecule has 1 atom stereocenters. The van der Waals surface area contributed by atoms with Crippen LogP contribution in [0.15, 0.2) is 30.3 Å². The summed E-state index contributed by atoms with van der Waals surface area (Å²) in [6, 6.07) is 6.05. The van der Waals surface area contributed by atoms with Gasteiger partial charge >= 0.3 is 6.18 Å². The molecule has 6 nitrogen and oxygen atoms in total. The largest absolute Gasteiger partial charge is 0.433 e. The number of carbonyl (C=O) groups excluding carboxylic acids is 1. The van der Waals surface area contributed by atoms with Gasteiger partial charge in [-0.25, -0.2) is 17.8 Å². The monoisotopic (exact) mass is 529 g/mol. The summed E-state index contributed by atoms with van der Waals surface area (Å²) < 4.78 is 79.1. The van der Waals surface area contributed by atoms with Gasteiger partial charge in [0.1, 0.15) is 11.5 Å². The number of carbonyl (C=O) groups is 1. The van der Waals surface area contributed by atoms with Gasteiger partial charge in [-0.2, -0.15) is 13.2 Å². The molecule has 0 saturated heterocycles. The molecule has 3 rings (SSSR count). The fourth-order valence-electron chi connectivity index (χ4n) is 4.58. The van der Waals surface area contributed by atoms with Crippen molar-refractivity contribution in [1.29, 1.82) is 0 Å². The van der Waals surface area contributed by atoms with Gasteiger partial charge < -0.3 is 5.32 Å². The fraction of sp³-hybridized carbons (Fsp3) is 0.520. The van der Waals surface area contributed by atoms with Gasteiger partial charge in [-0.3, -0.25) is 9.52 Å². The first kappa shape index (κ1) is 27.9. The van der Waals surface area contributed by atoms with Crippen molar-refractivity contribution in [1.82, 2.24) is 10.3 Å². The molecule has 0 spiro atoms. The van der Waals surface area contributed by atoms with Crippen LogP contribution in [0.25, 0.3) is 0 Å². The SMILES string of the molecule is CCC1CCC(c2nc(C(F)(F)F)ccc2CNC(=O)C(C)c2ccc(NS(C)(=O)=O)c(F)c2)CC1. The van der Waals surface area contributed by atoms with E-state index in [1.165, 1.54) is 18.2 Å². The van der Waals surface area contributed by atoms with E-state index in [1.54, 1.807) is 6.92 Å². The van der Waals surface area contributed by atoms with E-state index >= 15 is 0 Å². The average Bonchev–Trinajstić information content (AvgIpc) is 2.82. The van der Waals surface area contributed by atoms with Crippen LogP contribution in [-0.4, -0.2) is 25.6 Å². The number of nitrogens with one attached hydrogen (secondary N) is 2. The Morgan fingerprint density at radius 1 is 1.14 bits per heavy atom. The van der Waals surface area contributed by atoms with E-state index in [2.05, 4.69) is 21.9 Å². The van der Waals surface area contributed by atoms with Crippen molar-refractivity contribution in [3.05, 3.63) is 58.7 Å². The number of sulfonamides is 1. The summed E-state index contributed by atoms with van der Waals surface area (Å²) in [6.45, 7) is 3.66. The van der Waals surface area contributed by atoms with Crippen LogP contribution in [0.4, 0.5) is 23.2 Å². The molecule has 1 amide bonds. The van der Waals surface area contributed by atoms with E-state index in [0.29, 0.717) is 22.7 Å². The molecule has 0 radical (unpaired) electrons. The van der Waals surface area contributed by atoms with E-state index in [0.717, 1.165) is 50.5 Å². The van der Waals surface area contributed by atoms with Crippen LogP contribution in [0.2, 0.25) is 0 Å². The summed E-state index contributed by atoms with van der Waals surface area (Å²) in [6.07, 6.45) is 0.726. The summed E-state index contributed by atoms with van der Waals surface area (Å²) in [7, 11) is -3.66. The predicted octanol–water partition coefficient (Wildman–Crippen LogP) is 5.71. The molecule has 1 aromatic carbocycles. The molecule has 1 aliphatic carbocycles. The molecular weight excluding hydrogens is 498 g/mol. The van der Waals surface area contributed by atoms with Crippen molar-refractivity contribution in [3.8, 4) is 0 Å². The Balaban J connectivity index is 1.75. The maximum Gasteiger partial charge on any atom is 0.433 e. The second-order valence-corrected chi connectivity index (χ2v) is 11.2. The lowest BCUT2D eigenvalue weighted by Crippen LogP contribution is -2.29. The van der Waals surface area contributed by atoms with Crippen molar-refractivity contribution in [3.63, 3.8) is 0 Å². The van der Waals surface area contributed by atoms with Crippen molar-refractivity contribution in [2.45, 2.75) is 70.5 Å². The van der Waals surface area contributed by atoms with Crippen LogP contribution >= 0.6 is 0 Å². The molecule has 1 aromatic heterocycles. The van der Waals surface area contributed by atoms with Gasteiger partial charge in [0.15, 0.2) is 0 Å². The molecule has 1 unspecified atom stereocenters. The molecule has 1 aliphatic rings. The minimum atomic E-state index is -4.56. The second kappa shape index (κ2) is 11.1. The molecule has 1 saturated carbocycles. The molecule has 1 heterocycles. The quantitative estimate of drug-likeness (QED) is 0.429. The first-order valence-electron chi connectivity index (χ1n) is 11.9. The Labute approximate surface area is 208 Å². The third-order valence-electron chi connectivity index (χ3n) is 6.75. The number of amides is 1. The summed E-state index contributed by atoms with van der Waals surface area (Å²) in [5.74, 6) is -1.59. The zero-order valence-electron chi connectivity index (χ0n) is 20.5. The molecule has 11 heteroatoms. The predicted molar refractivity (Wildman–Crippen MR) is 129 cm³/mol. The minimum absolute atomic E-state index is 0.00640. The smallest absolute Gasteiger partial charge is 0.351 e. The number of nitrogens with zero attached hydrogens (tertiary/aromatic N) is 1. The van der Waals surface area contributed by atoms with Crippen molar-refractivity contribution < 1.29 is 30.8 Å². The lowest BCUT2D eigenvalue weighted by molar-refractivity contribution is -0.141. The molecule has 36 heavy (non-hydrogen) atoms. The van der Waals surface area contributed by atoms with Crippen molar-refractivity contribution >= 4 is 21.6 Å². The highest BCUT2D eigenvalue weighted by Gasteiger charge is 2.34. The van der Waals surface area contributed by atoms with Crippen molar-refractivity contribution in [2.75, 3.05) is 11.0 Å². The summed E-state index contributed by atoms with van der Waals surface area (Å²) in [5.41, 5.74) is 0.0496. The van der Waals surface area contributed by atoms with Gasteiger partial charge in [0.05, 0.1) is 17.9 Å². The Kier molecular flexibility index (Phi) is 8.63. The number of benzene rings is 1. The number of hydrogen-bond donors (Lipinski definition) is 2. The lowest BCUT2D eigenvalue weighted by atomic mass is 9.78. The zero-order chi connectivity index (χ0) is 26.7. The van der Waals surface area contributed by atoms with E-state index < -0.39 is 39.5 Å². The van der Waals surface area contributed by atoms with E-state index in [1.807, 2.05) is 0 Å². The topological polar surface area (TPSA) is 88.2 Å². The Hall–Kier alpha value is -2.69. The molecular formula is C25H31F4N3O3S. The van der Waals surface area contributed by atoms with Gasteiger partial charge in [0, 0.05) is 18.2 Å². The number of aromatic nitrogens is 1. The first-order chi connectivity index (χ1) is 16.8.